The number of para-hydroxylation sites is 1. The van der Waals surface area contributed by atoms with Crippen molar-refractivity contribution in [3.05, 3.63) is 57.8 Å². The summed E-state index contributed by atoms with van der Waals surface area (Å²) >= 11 is 0. The Morgan fingerprint density at radius 2 is 2.14 bits per heavy atom. The van der Waals surface area contributed by atoms with E-state index in [2.05, 4.69) is 4.99 Å². The zero-order valence-corrected chi connectivity index (χ0v) is 11.2. The van der Waals surface area contributed by atoms with Crippen molar-refractivity contribution in [2.75, 3.05) is 6.61 Å². The molecular weight excluding hydrogens is 276 g/mol. The molecule has 1 aromatic carbocycles. The molecule has 7 heteroatoms. The highest BCUT2D eigenvalue weighted by molar-refractivity contribution is 5.96. The van der Waals surface area contributed by atoms with Gasteiger partial charge in [-0.2, -0.15) is 0 Å². The molecule has 0 atom stereocenters. The predicted molar refractivity (Wildman–Crippen MR) is 75.0 cm³/mol. The number of benzene rings is 1. The minimum Gasteiger partial charge on any atom is -0.462 e. The molecule has 0 bridgehead atoms. The maximum atomic E-state index is 11.8. The van der Waals surface area contributed by atoms with Crippen LogP contribution in [-0.4, -0.2) is 23.7 Å². The van der Waals surface area contributed by atoms with Gasteiger partial charge in [0.25, 0.3) is 0 Å². The van der Waals surface area contributed by atoms with E-state index in [0.29, 0.717) is 11.3 Å². The van der Waals surface area contributed by atoms with E-state index in [4.69, 9.17) is 9.15 Å². The highest BCUT2D eigenvalue weighted by Gasteiger charge is 2.12. The summed E-state index contributed by atoms with van der Waals surface area (Å²) < 4.78 is 9.88. The second-order valence-electron chi connectivity index (χ2n) is 3.93. The molecule has 2 aromatic rings. The van der Waals surface area contributed by atoms with Gasteiger partial charge < -0.3 is 9.15 Å². The third kappa shape index (κ3) is 3.53. The van der Waals surface area contributed by atoms with Crippen LogP contribution in [0.1, 0.15) is 23.0 Å². The Balaban J connectivity index is 2.24. The Hall–Kier alpha value is -2.96. The highest BCUT2D eigenvalue weighted by atomic mass is 16.6. The summed E-state index contributed by atoms with van der Waals surface area (Å²) in [4.78, 5) is 25.7. The molecule has 0 saturated heterocycles. The molecule has 0 amide bonds. The zero-order valence-electron chi connectivity index (χ0n) is 11.2. The van der Waals surface area contributed by atoms with E-state index >= 15 is 0 Å². The maximum Gasteiger partial charge on any atom is 0.433 e. The zero-order chi connectivity index (χ0) is 15.2. The Kier molecular flexibility index (Phi) is 4.45. The van der Waals surface area contributed by atoms with Gasteiger partial charge in [-0.3, -0.25) is 15.1 Å². The molecule has 1 aromatic heterocycles. The van der Waals surface area contributed by atoms with Gasteiger partial charge in [-0.05, 0) is 25.1 Å². The predicted octanol–water partition coefficient (Wildman–Crippen LogP) is 3.12. The number of aliphatic imine (C=N–C) groups is 1. The van der Waals surface area contributed by atoms with E-state index in [-0.39, 0.29) is 18.3 Å². The molecule has 21 heavy (non-hydrogen) atoms. The van der Waals surface area contributed by atoms with Crippen LogP contribution in [0.25, 0.3) is 0 Å². The lowest BCUT2D eigenvalue weighted by Gasteiger charge is -2.04. The van der Waals surface area contributed by atoms with Crippen molar-refractivity contribution < 1.29 is 18.9 Å². The van der Waals surface area contributed by atoms with Crippen molar-refractivity contribution in [2.24, 2.45) is 4.99 Å². The first kappa shape index (κ1) is 14.4. The minimum absolute atomic E-state index is 0.223. The summed E-state index contributed by atoms with van der Waals surface area (Å²) in [6, 6.07) is 9.31. The number of carbonyl (C=O) groups is 1. The molecule has 0 spiro atoms. The van der Waals surface area contributed by atoms with Crippen LogP contribution in [-0.2, 0) is 4.74 Å². The summed E-state index contributed by atoms with van der Waals surface area (Å²) in [5.41, 5.74) is 0.714. The van der Waals surface area contributed by atoms with Crippen LogP contribution >= 0.6 is 0 Å². The molecule has 7 nitrogen and oxygen atoms in total. The number of carbonyl (C=O) groups excluding carboxylic acids is 1. The fraction of sp³-hybridized carbons (Fsp3) is 0.143. The van der Waals surface area contributed by atoms with E-state index in [9.17, 15) is 14.9 Å². The number of nitro groups is 1. The second kappa shape index (κ2) is 6.47. The summed E-state index contributed by atoms with van der Waals surface area (Å²) in [7, 11) is 0. The normalized spacial score (nSPS) is 10.7. The van der Waals surface area contributed by atoms with E-state index in [0.717, 1.165) is 0 Å². The number of hydrogen-bond acceptors (Lipinski definition) is 6. The topological polar surface area (TPSA) is 94.9 Å². The van der Waals surface area contributed by atoms with Gasteiger partial charge in [0.1, 0.15) is 4.92 Å². The fourth-order valence-corrected chi connectivity index (χ4v) is 1.61. The number of rotatable bonds is 5. The van der Waals surface area contributed by atoms with E-state index < -0.39 is 10.9 Å². The fourth-order valence-electron chi connectivity index (χ4n) is 1.61. The number of nitrogens with zero attached hydrogens (tertiary/aromatic N) is 2. The lowest BCUT2D eigenvalue weighted by molar-refractivity contribution is -0.402. The minimum atomic E-state index is -0.635. The van der Waals surface area contributed by atoms with Gasteiger partial charge in [0.05, 0.1) is 30.1 Å². The Labute approximate surface area is 120 Å². The van der Waals surface area contributed by atoms with Gasteiger partial charge >= 0.3 is 11.9 Å². The third-order valence-corrected chi connectivity index (χ3v) is 2.52. The Morgan fingerprint density at radius 1 is 1.38 bits per heavy atom. The van der Waals surface area contributed by atoms with Gasteiger partial charge in [0, 0.05) is 0 Å². The smallest absolute Gasteiger partial charge is 0.433 e. The van der Waals surface area contributed by atoms with Gasteiger partial charge in [0.2, 0.25) is 0 Å². The molecular formula is C14H12N2O5. The van der Waals surface area contributed by atoms with Crippen molar-refractivity contribution >= 4 is 23.8 Å². The molecule has 0 aliphatic heterocycles. The quantitative estimate of drug-likeness (QED) is 0.364. The molecule has 0 radical (unpaired) electrons. The van der Waals surface area contributed by atoms with Crippen LogP contribution in [0.5, 0.6) is 0 Å². The van der Waals surface area contributed by atoms with Crippen LogP contribution in [0.3, 0.4) is 0 Å². The molecule has 0 unspecified atom stereocenters. The van der Waals surface area contributed by atoms with Crippen molar-refractivity contribution in [1.82, 2.24) is 0 Å². The highest BCUT2D eigenvalue weighted by Crippen LogP contribution is 2.20. The molecule has 0 saturated carbocycles. The lowest BCUT2D eigenvalue weighted by atomic mass is 10.2. The van der Waals surface area contributed by atoms with E-state index in [1.54, 1.807) is 31.2 Å². The van der Waals surface area contributed by atoms with Crippen molar-refractivity contribution in [3.63, 3.8) is 0 Å². The van der Waals surface area contributed by atoms with Crippen molar-refractivity contribution in [3.8, 4) is 0 Å². The number of furan rings is 1. The van der Waals surface area contributed by atoms with Crippen LogP contribution in [0.2, 0.25) is 0 Å². The molecule has 0 aliphatic rings. The van der Waals surface area contributed by atoms with Crippen LogP contribution in [0.4, 0.5) is 11.6 Å². The Morgan fingerprint density at radius 3 is 2.81 bits per heavy atom. The first-order valence-electron chi connectivity index (χ1n) is 6.16. The second-order valence-corrected chi connectivity index (χ2v) is 3.93. The number of ether oxygens (including phenoxy) is 1. The van der Waals surface area contributed by atoms with Crippen molar-refractivity contribution in [2.45, 2.75) is 6.92 Å². The largest absolute Gasteiger partial charge is 0.462 e. The van der Waals surface area contributed by atoms with Gasteiger partial charge in [-0.25, -0.2) is 4.79 Å². The third-order valence-electron chi connectivity index (χ3n) is 2.52. The summed E-state index contributed by atoms with van der Waals surface area (Å²) in [6.45, 7) is 1.98. The van der Waals surface area contributed by atoms with Crippen molar-refractivity contribution in [1.29, 1.82) is 0 Å². The number of hydrogen-bond donors (Lipinski definition) is 0. The lowest BCUT2D eigenvalue weighted by Crippen LogP contribution is -2.04. The molecule has 0 fully saturated rings. The van der Waals surface area contributed by atoms with Crippen LogP contribution < -0.4 is 0 Å². The first-order valence-corrected chi connectivity index (χ1v) is 6.16. The van der Waals surface area contributed by atoms with Gasteiger partial charge in [-0.1, -0.05) is 12.1 Å². The van der Waals surface area contributed by atoms with Crippen LogP contribution in [0.15, 0.2) is 45.8 Å². The summed E-state index contributed by atoms with van der Waals surface area (Å²) in [5.74, 6) is -0.619. The van der Waals surface area contributed by atoms with E-state index in [1.165, 1.54) is 18.3 Å². The average molecular weight is 288 g/mol. The van der Waals surface area contributed by atoms with Gasteiger partial charge in [0.15, 0.2) is 5.76 Å². The average Bonchev–Trinajstić information content (AvgIpc) is 2.95. The number of esters is 1. The molecule has 0 N–H and O–H groups in total. The standard InChI is InChI=1S/C14H12N2O5/c1-2-20-14(17)11-5-3-4-6-12(11)15-9-10-7-8-13(21-10)16(18)19/h3-9H,2H2,1H3. The molecule has 1 heterocycles. The van der Waals surface area contributed by atoms with E-state index in [1.807, 2.05) is 0 Å². The summed E-state index contributed by atoms with van der Waals surface area (Å²) in [5, 5.41) is 10.5. The van der Waals surface area contributed by atoms with Gasteiger partial charge in [-0.15, -0.1) is 0 Å². The van der Waals surface area contributed by atoms with Crippen LogP contribution in [0, 0.1) is 10.1 Å². The SMILES string of the molecule is CCOC(=O)c1ccccc1N=Cc1ccc([N+](=O)[O-])o1. The summed E-state index contributed by atoms with van der Waals surface area (Å²) in [6.07, 6.45) is 1.31. The molecule has 108 valence electrons. The maximum absolute atomic E-state index is 11.8. The molecule has 2 rings (SSSR count). The Bertz CT molecular complexity index is 690. The first-order chi connectivity index (χ1) is 10.1. The molecule has 0 aliphatic carbocycles. The monoisotopic (exact) mass is 288 g/mol.